The highest BCUT2D eigenvalue weighted by Gasteiger charge is 2.12. The van der Waals surface area contributed by atoms with E-state index < -0.39 is 0 Å². The molecule has 2 aromatic heterocycles. The third-order valence-corrected chi connectivity index (χ3v) is 5.00. The molecular weight excluding hydrogens is 371 g/mol. The normalized spacial score (nSPS) is 12.0. The van der Waals surface area contributed by atoms with E-state index in [9.17, 15) is 0 Å². The average molecular weight is 387 g/mol. The number of aromatic nitrogens is 2. The number of oxazole rings is 2. The van der Waals surface area contributed by atoms with E-state index in [1.807, 2.05) is 38.1 Å². The van der Waals surface area contributed by atoms with Crippen LogP contribution in [-0.2, 0) is 11.8 Å². The zero-order valence-corrected chi connectivity index (χ0v) is 15.9. The van der Waals surface area contributed by atoms with Crippen LogP contribution in [0, 0.1) is 13.8 Å². The number of hydrogen-bond acceptors (Lipinski definition) is 4. The second-order valence-electron chi connectivity index (χ2n) is 6.12. The monoisotopic (exact) mass is 386 g/mol. The maximum atomic E-state index is 6.04. The zero-order valence-electron chi connectivity index (χ0n) is 14.3. The van der Waals surface area contributed by atoms with Crippen LogP contribution in [0.25, 0.3) is 34.4 Å². The van der Waals surface area contributed by atoms with Crippen molar-refractivity contribution in [2.45, 2.75) is 25.6 Å². The van der Waals surface area contributed by atoms with Crippen molar-refractivity contribution in [3.63, 3.8) is 0 Å². The van der Waals surface area contributed by atoms with E-state index in [2.05, 4.69) is 9.97 Å². The van der Waals surface area contributed by atoms with Gasteiger partial charge in [-0.25, -0.2) is 9.97 Å². The lowest BCUT2D eigenvalue weighted by Gasteiger charge is -2.00. The van der Waals surface area contributed by atoms with Crippen molar-refractivity contribution in [2.24, 2.45) is 0 Å². The number of fused-ring (bicyclic) bond motifs is 2. The molecule has 0 saturated heterocycles. The first kappa shape index (κ1) is 17.1. The van der Waals surface area contributed by atoms with Gasteiger partial charge in [-0.3, -0.25) is 0 Å². The Morgan fingerprint density at radius 3 is 1.58 bits per heavy atom. The van der Waals surface area contributed by atoms with Gasteiger partial charge in [0.05, 0.1) is 0 Å². The first-order valence-electron chi connectivity index (χ1n) is 8.18. The van der Waals surface area contributed by atoms with Crippen LogP contribution >= 0.6 is 23.2 Å². The Balaban J connectivity index is 1.72. The molecule has 0 fully saturated rings. The lowest BCUT2D eigenvalue weighted by atomic mass is 10.1. The topological polar surface area (TPSA) is 52.1 Å². The van der Waals surface area contributed by atoms with Gasteiger partial charge in [0.1, 0.15) is 11.0 Å². The Bertz CT molecular complexity index is 1050. The van der Waals surface area contributed by atoms with Gasteiger partial charge in [0.15, 0.2) is 11.2 Å². The van der Waals surface area contributed by atoms with Crippen LogP contribution in [0.5, 0.6) is 0 Å². The maximum Gasteiger partial charge on any atom is 0.220 e. The van der Waals surface area contributed by atoms with Gasteiger partial charge in [-0.05, 0) is 48.2 Å². The van der Waals surface area contributed by atoms with Crippen LogP contribution in [0.3, 0.4) is 0 Å². The molecule has 2 heterocycles. The number of benzene rings is 2. The van der Waals surface area contributed by atoms with Crippen molar-refractivity contribution in [3.05, 3.63) is 58.3 Å². The van der Waals surface area contributed by atoms with Gasteiger partial charge < -0.3 is 8.83 Å². The first-order valence-corrected chi connectivity index (χ1v) is 9.25. The van der Waals surface area contributed by atoms with Gasteiger partial charge in [0.2, 0.25) is 11.8 Å². The Hall–Kier alpha value is -2.30. The molecular formula is C20H16Cl2N2O2. The summed E-state index contributed by atoms with van der Waals surface area (Å²) in [5, 5.41) is 0. The van der Waals surface area contributed by atoms with Crippen molar-refractivity contribution < 1.29 is 8.83 Å². The van der Waals surface area contributed by atoms with Crippen molar-refractivity contribution in [1.29, 1.82) is 0 Å². The molecule has 4 aromatic rings. The summed E-state index contributed by atoms with van der Waals surface area (Å²) < 4.78 is 11.6. The molecule has 6 heteroatoms. The van der Waals surface area contributed by atoms with E-state index in [1.165, 1.54) is 0 Å². The zero-order chi connectivity index (χ0) is 18.3. The smallest absolute Gasteiger partial charge is 0.220 e. The van der Waals surface area contributed by atoms with Crippen molar-refractivity contribution >= 4 is 57.6 Å². The summed E-state index contributed by atoms with van der Waals surface area (Å²) in [4.78, 5) is 9.07. The summed E-state index contributed by atoms with van der Waals surface area (Å²) in [6, 6.07) is 7.77. The third kappa shape index (κ3) is 2.89. The molecule has 4 nitrogen and oxygen atoms in total. The molecule has 0 spiro atoms. The predicted molar refractivity (Wildman–Crippen MR) is 106 cm³/mol. The highest BCUT2D eigenvalue weighted by atomic mass is 35.5. The highest BCUT2D eigenvalue weighted by molar-refractivity contribution is 6.18. The van der Waals surface area contributed by atoms with Gasteiger partial charge in [0.25, 0.3) is 0 Å². The minimum Gasteiger partial charge on any atom is -0.437 e. The largest absolute Gasteiger partial charge is 0.437 e. The minimum absolute atomic E-state index is 0.393. The Labute approximate surface area is 160 Å². The number of aryl methyl sites for hydroxylation is 2. The number of rotatable bonds is 4. The fourth-order valence-electron chi connectivity index (χ4n) is 2.96. The van der Waals surface area contributed by atoms with Gasteiger partial charge >= 0.3 is 0 Å². The van der Waals surface area contributed by atoms with Crippen LogP contribution in [0.4, 0.5) is 0 Å². The molecule has 0 radical (unpaired) electrons. The molecule has 2 aromatic carbocycles. The summed E-state index contributed by atoms with van der Waals surface area (Å²) >= 11 is 12.1. The van der Waals surface area contributed by atoms with E-state index in [0.717, 1.165) is 33.3 Å². The summed E-state index contributed by atoms with van der Waals surface area (Å²) in [5.74, 6) is 1.75. The van der Waals surface area contributed by atoms with Crippen molar-refractivity contribution in [1.82, 2.24) is 9.97 Å². The summed E-state index contributed by atoms with van der Waals surface area (Å²) in [5.41, 5.74) is 7.16. The second kappa shape index (κ2) is 6.78. The van der Waals surface area contributed by atoms with Crippen LogP contribution < -0.4 is 0 Å². The maximum absolute atomic E-state index is 6.04. The van der Waals surface area contributed by atoms with E-state index in [0.29, 0.717) is 34.7 Å². The second-order valence-corrected chi connectivity index (χ2v) is 6.65. The molecule has 0 unspecified atom stereocenters. The van der Waals surface area contributed by atoms with Crippen molar-refractivity contribution in [3.8, 4) is 0 Å². The average Bonchev–Trinajstić information content (AvgIpc) is 3.23. The molecule has 0 aliphatic rings. The van der Waals surface area contributed by atoms with E-state index in [1.54, 1.807) is 12.2 Å². The van der Waals surface area contributed by atoms with E-state index in [-0.39, 0.29) is 0 Å². The first-order chi connectivity index (χ1) is 12.6. The van der Waals surface area contributed by atoms with Crippen molar-refractivity contribution in [2.75, 3.05) is 0 Å². The third-order valence-electron chi connectivity index (χ3n) is 4.47. The van der Waals surface area contributed by atoms with E-state index in [4.69, 9.17) is 32.0 Å². The summed E-state index contributed by atoms with van der Waals surface area (Å²) in [7, 11) is 0. The molecule has 0 amide bonds. The van der Waals surface area contributed by atoms with Gasteiger partial charge in [-0.15, -0.1) is 23.2 Å². The fraction of sp³-hybridized carbons (Fsp3) is 0.200. The molecule has 0 aliphatic carbocycles. The van der Waals surface area contributed by atoms with Crippen LogP contribution in [0.15, 0.2) is 33.1 Å². The Morgan fingerprint density at radius 1 is 0.769 bits per heavy atom. The molecule has 4 rings (SSSR count). The molecule has 0 N–H and O–H groups in total. The molecule has 0 saturated carbocycles. The lowest BCUT2D eigenvalue weighted by Crippen LogP contribution is -1.86. The molecule has 26 heavy (non-hydrogen) atoms. The highest BCUT2D eigenvalue weighted by Crippen LogP contribution is 2.27. The minimum atomic E-state index is 0.393. The lowest BCUT2D eigenvalue weighted by molar-refractivity contribution is 0.583. The Morgan fingerprint density at radius 2 is 1.19 bits per heavy atom. The number of halogens is 2. The number of nitrogens with zero attached hydrogens (tertiary/aromatic N) is 2. The van der Waals surface area contributed by atoms with Crippen LogP contribution in [0.2, 0.25) is 0 Å². The van der Waals surface area contributed by atoms with Gasteiger partial charge in [0, 0.05) is 23.9 Å². The number of hydrogen-bond donors (Lipinski definition) is 0. The van der Waals surface area contributed by atoms with Gasteiger partial charge in [-0.2, -0.15) is 0 Å². The van der Waals surface area contributed by atoms with Crippen LogP contribution in [-0.4, -0.2) is 9.97 Å². The summed E-state index contributed by atoms with van der Waals surface area (Å²) in [6.45, 7) is 4.02. The SMILES string of the molecule is Cc1ccc2oc(C=Cc3nc4c(CCl)c(C)ccc4o3)nc2c1CCl. The Kier molecular flexibility index (Phi) is 4.47. The number of alkyl halides is 2. The van der Waals surface area contributed by atoms with Crippen LogP contribution in [0.1, 0.15) is 34.0 Å². The molecule has 132 valence electrons. The fourth-order valence-corrected chi connectivity index (χ4v) is 3.63. The quantitative estimate of drug-likeness (QED) is 0.389. The summed E-state index contributed by atoms with van der Waals surface area (Å²) in [6.07, 6.45) is 3.48. The predicted octanol–water partition coefficient (Wildman–Crippen LogP) is 6.23. The molecule has 0 atom stereocenters. The molecule has 0 aliphatic heterocycles. The molecule has 0 bridgehead atoms. The standard InChI is InChI=1S/C20H16Cl2N2O2/c1-11-3-5-15-19(13(11)9-21)23-17(25-15)7-8-18-24-20-14(10-22)12(2)4-6-16(20)26-18/h3-8H,9-10H2,1-2H3. The van der Waals surface area contributed by atoms with Gasteiger partial charge in [-0.1, -0.05) is 12.1 Å². The van der Waals surface area contributed by atoms with E-state index >= 15 is 0 Å².